The van der Waals surface area contributed by atoms with Crippen LogP contribution in [0.2, 0.25) is 5.02 Å². The van der Waals surface area contributed by atoms with E-state index in [1.165, 1.54) is 6.07 Å². The molecule has 6 nitrogen and oxygen atoms in total. The fraction of sp³-hybridized carbons (Fsp3) is 0.278. The quantitative estimate of drug-likeness (QED) is 0.631. The number of likely N-dealkylation sites (N-methyl/N-ethyl adjacent to an activating group) is 1. The molecule has 0 aliphatic rings. The number of nitrogens with one attached hydrogen (secondary N) is 1. The van der Waals surface area contributed by atoms with Crippen molar-refractivity contribution in [2.45, 2.75) is 11.4 Å². The number of hydrogen-bond donors (Lipinski definition) is 1. The van der Waals surface area contributed by atoms with Crippen molar-refractivity contribution in [1.29, 1.82) is 0 Å². The van der Waals surface area contributed by atoms with Crippen molar-refractivity contribution < 1.29 is 8.42 Å². The molecule has 1 aromatic heterocycles. The van der Waals surface area contributed by atoms with Gasteiger partial charge >= 0.3 is 4.87 Å². The Morgan fingerprint density at radius 3 is 2.63 bits per heavy atom. The van der Waals surface area contributed by atoms with Crippen LogP contribution in [0.5, 0.6) is 0 Å². The molecule has 144 valence electrons. The lowest BCUT2D eigenvalue weighted by Crippen LogP contribution is -2.31. The number of hydrogen-bond acceptors (Lipinski definition) is 5. The van der Waals surface area contributed by atoms with E-state index in [0.29, 0.717) is 34.9 Å². The molecular formula is C18H20ClN3O3S2. The van der Waals surface area contributed by atoms with Crippen molar-refractivity contribution in [3.63, 3.8) is 0 Å². The third-order valence-corrected chi connectivity index (χ3v) is 6.86. The average Bonchev–Trinajstić information content (AvgIpc) is 2.91. The minimum absolute atomic E-state index is 0.153. The topological polar surface area (TPSA) is 71.4 Å². The van der Waals surface area contributed by atoms with Gasteiger partial charge in [-0.3, -0.25) is 9.36 Å². The minimum atomic E-state index is -3.62. The van der Waals surface area contributed by atoms with E-state index >= 15 is 0 Å². The molecule has 0 fully saturated rings. The van der Waals surface area contributed by atoms with Crippen LogP contribution in [0.15, 0.2) is 52.2 Å². The number of halogens is 1. The Hall–Kier alpha value is -1.71. The molecule has 0 atom stereocenters. The van der Waals surface area contributed by atoms with Gasteiger partial charge in [-0.05, 0) is 43.9 Å². The van der Waals surface area contributed by atoms with Gasteiger partial charge in [0.15, 0.2) is 0 Å². The van der Waals surface area contributed by atoms with E-state index in [-0.39, 0.29) is 9.77 Å². The second kappa shape index (κ2) is 8.12. The number of thiazole rings is 1. The predicted molar refractivity (Wildman–Crippen MR) is 110 cm³/mol. The van der Waals surface area contributed by atoms with Crippen molar-refractivity contribution in [3.05, 3.63) is 62.7 Å². The molecule has 0 saturated heterocycles. The highest BCUT2D eigenvalue weighted by Gasteiger charge is 2.17. The second-order valence-electron chi connectivity index (χ2n) is 6.38. The molecule has 27 heavy (non-hydrogen) atoms. The summed E-state index contributed by atoms with van der Waals surface area (Å²) in [5, 5.41) is 0.591. The predicted octanol–water partition coefficient (Wildman–Crippen LogP) is 2.60. The van der Waals surface area contributed by atoms with E-state index in [1.807, 2.05) is 37.2 Å². The van der Waals surface area contributed by atoms with Crippen LogP contribution >= 0.6 is 22.9 Å². The summed E-state index contributed by atoms with van der Waals surface area (Å²) in [5.41, 5.74) is 1.53. The SMILES string of the molecule is CN(C)CCNS(=O)(=O)c1ccc2c(c1)sc(=O)n2Cc1ccccc1Cl. The van der Waals surface area contributed by atoms with Crippen LogP contribution < -0.4 is 9.60 Å². The van der Waals surface area contributed by atoms with Crippen LogP contribution in [-0.2, 0) is 16.6 Å². The molecule has 0 aliphatic heterocycles. The van der Waals surface area contributed by atoms with Gasteiger partial charge in [-0.2, -0.15) is 0 Å². The molecule has 0 aliphatic carbocycles. The van der Waals surface area contributed by atoms with E-state index in [9.17, 15) is 13.2 Å². The van der Waals surface area contributed by atoms with E-state index in [4.69, 9.17) is 11.6 Å². The summed E-state index contributed by atoms with van der Waals surface area (Å²) >= 11 is 7.22. The first-order valence-corrected chi connectivity index (χ1v) is 11.0. The Bertz CT molecular complexity index is 1120. The zero-order valence-corrected chi connectivity index (χ0v) is 17.4. The highest BCUT2D eigenvalue weighted by Crippen LogP contribution is 2.24. The Kier molecular flexibility index (Phi) is 6.02. The monoisotopic (exact) mass is 425 g/mol. The molecule has 0 radical (unpaired) electrons. The van der Waals surface area contributed by atoms with Crippen molar-refractivity contribution in [3.8, 4) is 0 Å². The maximum atomic E-state index is 12.5. The Morgan fingerprint density at radius 1 is 1.19 bits per heavy atom. The van der Waals surface area contributed by atoms with Gasteiger partial charge in [0, 0.05) is 18.1 Å². The van der Waals surface area contributed by atoms with E-state index in [2.05, 4.69) is 4.72 Å². The molecule has 1 heterocycles. The van der Waals surface area contributed by atoms with Gasteiger partial charge in [-0.15, -0.1) is 0 Å². The molecule has 3 aromatic rings. The number of rotatable bonds is 7. The zero-order valence-electron chi connectivity index (χ0n) is 15.0. The highest BCUT2D eigenvalue weighted by atomic mass is 35.5. The highest BCUT2D eigenvalue weighted by molar-refractivity contribution is 7.89. The molecule has 0 saturated carbocycles. The van der Waals surface area contributed by atoms with Crippen molar-refractivity contribution >= 4 is 43.2 Å². The molecular weight excluding hydrogens is 406 g/mol. The van der Waals surface area contributed by atoms with Crippen LogP contribution in [-0.4, -0.2) is 45.1 Å². The summed E-state index contributed by atoms with van der Waals surface area (Å²) in [4.78, 5) is 14.3. The van der Waals surface area contributed by atoms with Gasteiger partial charge in [0.25, 0.3) is 0 Å². The Labute approximate surface area is 167 Å². The first-order valence-electron chi connectivity index (χ1n) is 8.29. The average molecular weight is 426 g/mol. The maximum Gasteiger partial charge on any atom is 0.308 e. The minimum Gasteiger partial charge on any atom is -0.308 e. The van der Waals surface area contributed by atoms with Gasteiger partial charge in [-0.1, -0.05) is 41.1 Å². The van der Waals surface area contributed by atoms with Crippen molar-refractivity contribution in [1.82, 2.24) is 14.2 Å². The summed E-state index contributed by atoms with van der Waals surface area (Å²) in [6.07, 6.45) is 0. The molecule has 0 spiro atoms. The van der Waals surface area contributed by atoms with E-state index in [1.54, 1.807) is 22.8 Å². The van der Waals surface area contributed by atoms with Crippen molar-refractivity contribution in [2.75, 3.05) is 27.2 Å². The lowest BCUT2D eigenvalue weighted by molar-refractivity contribution is 0.412. The maximum absolute atomic E-state index is 12.5. The fourth-order valence-electron chi connectivity index (χ4n) is 2.65. The molecule has 9 heteroatoms. The summed E-state index contributed by atoms with van der Waals surface area (Å²) in [5.74, 6) is 0. The molecule has 0 unspecified atom stereocenters. The van der Waals surface area contributed by atoms with Gasteiger partial charge in [0.2, 0.25) is 10.0 Å². The fourth-order valence-corrected chi connectivity index (χ4v) is 4.89. The van der Waals surface area contributed by atoms with Crippen LogP contribution in [0.3, 0.4) is 0 Å². The second-order valence-corrected chi connectivity index (χ2v) is 9.54. The zero-order chi connectivity index (χ0) is 19.6. The lowest BCUT2D eigenvalue weighted by Gasteiger charge is -2.11. The third kappa shape index (κ3) is 4.59. The molecule has 2 aromatic carbocycles. The van der Waals surface area contributed by atoms with Gasteiger partial charge < -0.3 is 4.90 Å². The van der Waals surface area contributed by atoms with Crippen LogP contribution in [0.1, 0.15) is 5.56 Å². The van der Waals surface area contributed by atoms with Crippen molar-refractivity contribution in [2.24, 2.45) is 0 Å². The molecule has 0 amide bonds. The van der Waals surface area contributed by atoms with Gasteiger partial charge in [-0.25, -0.2) is 13.1 Å². The van der Waals surface area contributed by atoms with Crippen LogP contribution in [0.4, 0.5) is 0 Å². The number of benzene rings is 2. The number of fused-ring (bicyclic) bond motifs is 1. The first-order chi connectivity index (χ1) is 12.8. The van der Waals surface area contributed by atoms with E-state index < -0.39 is 10.0 Å². The van der Waals surface area contributed by atoms with Crippen LogP contribution in [0, 0.1) is 0 Å². The Balaban J connectivity index is 1.92. The first kappa shape index (κ1) is 20.0. The third-order valence-electron chi connectivity index (χ3n) is 4.09. The van der Waals surface area contributed by atoms with Gasteiger partial charge in [0.1, 0.15) is 0 Å². The summed E-state index contributed by atoms with van der Waals surface area (Å²) in [6, 6.07) is 12.1. The summed E-state index contributed by atoms with van der Waals surface area (Å²) in [6.45, 7) is 1.26. The molecule has 0 bridgehead atoms. The number of nitrogens with zero attached hydrogens (tertiary/aromatic N) is 2. The largest absolute Gasteiger partial charge is 0.308 e. The summed E-state index contributed by atoms with van der Waals surface area (Å²) in [7, 11) is 0.130. The molecule has 1 N–H and O–H groups in total. The summed E-state index contributed by atoms with van der Waals surface area (Å²) < 4.78 is 29.7. The molecule has 3 rings (SSSR count). The van der Waals surface area contributed by atoms with Gasteiger partial charge in [0.05, 0.1) is 21.7 Å². The number of sulfonamides is 1. The van der Waals surface area contributed by atoms with E-state index in [0.717, 1.165) is 16.9 Å². The Morgan fingerprint density at radius 2 is 1.93 bits per heavy atom. The standard InChI is InChI=1S/C18H20ClN3O3S2/c1-21(2)10-9-20-27(24,25)14-7-8-16-17(11-14)26-18(23)22(16)12-13-5-3-4-6-15(13)19/h3-8,11,20H,9-10,12H2,1-2H3. The number of aromatic nitrogens is 1. The lowest BCUT2D eigenvalue weighted by atomic mass is 10.2. The normalized spacial score (nSPS) is 12.1. The smallest absolute Gasteiger partial charge is 0.308 e. The van der Waals surface area contributed by atoms with Crippen LogP contribution in [0.25, 0.3) is 10.2 Å².